The Balaban J connectivity index is 1.60. The molecule has 1 amide bonds. The van der Waals surface area contributed by atoms with Crippen molar-refractivity contribution in [3.05, 3.63) is 46.5 Å². The fourth-order valence-corrected chi connectivity index (χ4v) is 4.78. The maximum absolute atomic E-state index is 13.3. The van der Waals surface area contributed by atoms with Gasteiger partial charge in [0.2, 0.25) is 11.0 Å². The first-order chi connectivity index (χ1) is 12.3. The van der Waals surface area contributed by atoms with Crippen LogP contribution in [-0.2, 0) is 9.59 Å². The maximum Gasteiger partial charge on any atom is 0.270 e. The summed E-state index contributed by atoms with van der Waals surface area (Å²) in [6.45, 7) is 1.04. The van der Waals surface area contributed by atoms with Gasteiger partial charge < -0.3 is 5.32 Å². The summed E-state index contributed by atoms with van der Waals surface area (Å²) >= 11 is 7.60. The molecule has 3 unspecified atom stereocenters. The Bertz CT molecular complexity index is 801. The number of fused-ring (bicyclic) bond motifs is 1. The largest absolute Gasteiger partial charge is 0.345 e. The van der Waals surface area contributed by atoms with E-state index in [0.29, 0.717) is 23.7 Å². The van der Waals surface area contributed by atoms with Crippen LogP contribution < -0.4 is 5.32 Å². The lowest BCUT2D eigenvalue weighted by Gasteiger charge is -2.37. The van der Waals surface area contributed by atoms with Crippen molar-refractivity contribution in [2.45, 2.75) is 36.1 Å². The highest BCUT2D eigenvalue weighted by atomic mass is 35.5. The molecule has 2 fully saturated rings. The van der Waals surface area contributed by atoms with Gasteiger partial charge >= 0.3 is 0 Å². The molecular weight excluding hydrogens is 382 g/mol. The highest BCUT2D eigenvalue weighted by Crippen LogP contribution is 2.43. The van der Waals surface area contributed by atoms with Crippen molar-refractivity contribution in [3.8, 4) is 0 Å². The number of rotatable bonds is 4. The molecule has 1 aliphatic carbocycles. The molecule has 1 aromatic carbocycles. The molecule has 1 saturated heterocycles. The predicted octanol–water partition coefficient (Wildman–Crippen LogP) is 3.18. The topological polar surface area (TPSA) is 49.4 Å². The molecule has 1 saturated carbocycles. The maximum atomic E-state index is 13.3. The lowest BCUT2D eigenvalue weighted by atomic mass is 9.98. The van der Waals surface area contributed by atoms with Gasteiger partial charge in [-0.3, -0.25) is 14.5 Å². The van der Waals surface area contributed by atoms with E-state index in [2.05, 4.69) is 5.32 Å². The van der Waals surface area contributed by atoms with E-state index in [-0.39, 0.29) is 16.8 Å². The average molecular weight is 399 g/mol. The molecule has 3 aliphatic rings. The quantitative estimate of drug-likeness (QED) is 0.846. The number of hydrogen-bond acceptors (Lipinski definition) is 4. The molecule has 3 atom stereocenters. The number of nitrogens with zero attached hydrogens (tertiary/aromatic N) is 1. The number of alkyl halides is 2. The Morgan fingerprint density at radius 3 is 2.81 bits per heavy atom. The molecular formula is C18H17ClF2N2O2S. The van der Waals surface area contributed by atoms with E-state index in [9.17, 15) is 18.4 Å². The van der Waals surface area contributed by atoms with Gasteiger partial charge in [-0.1, -0.05) is 41.6 Å². The van der Waals surface area contributed by atoms with Gasteiger partial charge in [0.25, 0.3) is 5.92 Å². The summed E-state index contributed by atoms with van der Waals surface area (Å²) in [7, 11) is 0. The van der Waals surface area contributed by atoms with Crippen LogP contribution in [0.5, 0.6) is 0 Å². The third-order valence-electron chi connectivity index (χ3n) is 5.00. The number of amides is 1. The van der Waals surface area contributed by atoms with Gasteiger partial charge in [-0.2, -0.15) is 0 Å². The lowest BCUT2D eigenvalue weighted by molar-refractivity contribution is -0.127. The predicted molar refractivity (Wildman–Crippen MR) is 96.3 cm³/mol. The number of carbonyl (C=O) groups excluding carboxylic acids is 2. The molecule has 138 valence electrons. The van der Waals surface area contributed by atoms with Crippen LogP contribution in [0.15, 0.2) is 35.9 Å². The third kappa shape index (κ3) is 3.40. The van der Waals surface area contributed by atoms with Crippen molar-refractivity contribution in [3.63, 3.8) is 0 Å². The van der Waals surface area contributed by atoms with Crippen molar-refractivity contribution in [2.24, 2.45) is 0 Å². The van der Waals surface area contributed by atoms with Gasteiger partial charge in [-0.05, 0) is 29.7 Å². The second-order valence-corrected chi connectivity index (χ2v) is 8.47. The Kier molecular flexibility index (Phi) is 4.57. The van der Waals surface area contributed by atoms with Crippen molar-refractivity contribution in [1.29, 1.82) is 0 Å². The summed E-state index contributed by atoms with van der Waals surface area (Å²) in [5.74, 6) is -3.30. The smallest absolute Gasteiger partial charge is 0.270 e. The summed E-state index contributed by atoms with van der Waals surface area (Å²) in [5, 5.41) is 3.06. The van der Waals surface area contributed by atoms with Crippen molar-refractivity contribution >= 4 is 34.4 Å². The van der Waals surface area contributed by atoms with Crippen LogP contribution >= 0.6 is 23.4 Å². The molecule has 4 rings (SSSR count). The monoisotopic (exact) mass is 398 g/mol. The number of nitrogens with one attached hydrogen (secondary N) is 1. The standard InChI is InChI=1S/C18H17ClF2N2O2S/c19-12-4-2-1-3-11(12)16(17(25)22-14-8-18(14,20)21)23-6-5-13-10(9-23)7-15(24)26-13/h1-4,7,13-14,16H,5-6,8-9H2,(H,22,25). The van der Waals surface area contributed by atoms with E-state index in [4.69, 9.17) is 11.6 Å². The first-order valence-electron chi connectivity index (χ1n) is 8.43. The molecule has 0 spiro atoms. The molecule has 26 heavy (non-hydrogen) atoms. The fraction of sp³-hybridized carbons (Fsp3) is 0.444. The first-order valence-corrected chi connectivity index (χ1v) is 9.68. The number of thioether (sulfide) groups is 1. The Morgan fingerprint density at radius 2 is 2.12 bits per heavy atom. The molecule has 4 nitrogen and oxygen atoms in total. The summed E-state index contributed by atoms with van der Waals surface area (Å²) in [4.78, 5) is 26.4. The summed E-state index contributed by atoms with van der Waals surface area (Å²) in [6.07, 6.45) is 2.03. The van der Waals surface area contributed by atoms with Crippen LogP contribution in [0.4, 0.5) is 8.78 Å². The minimum Gasteiger partial charge on any atom is -0.345 e. The average Bonchev–Trinajstić information content (AvgIpc) is 3.00. The molecule has 1 aromatic rings. The molecule has 0 aromatic heterocycles. The SMILES string of the molecule is O=C1C=C2CN(C(C(=O)NC3CC3(F)F)c3ccccc3Cl)CCC2S1. The zero-order valence-corrected chi connectivity index (χ0v) is 15.3. The van der Waals surface area contributed by atoms with Gasteiger partial charge in [-0.15, -0.1) is 0 Å². The normalized spacial score (nSPS) is 28.3. The second-order valence-electron chi connectivity index (χ2n) is 6.85. The van der Waals surface area contributed by atoms with E-state index < -0.39 is 23.9 Å². The Hall–Kier alpha value is -1.44. The number of benzene rings is 1. The summed E-state index contributed by atoms with van der Waals surface area (Å²) < 4.78 is 26.5. The summed E-state index contributed by atoms with van der Waals surface area (Å²) in [5.41, 5.74) is 1.57. The minimum atomic E-state index is -2.83. The number of halogens is 3. The van der Waals surface area contributed by atoms with Crippen LogP contribution in [-0.4, -0.2) is 46.2 Å². The van der Waals surface area contributed by atoms with Gasteiger partial charge in [0, 0.05) is 29.8 Å². The number of likely N-dealkylation sites (tertiary alicyclic amines) is 1. The molecule has 2 aliphatic heterocycles. The minimum absolute atomic E-state index is 0.0308. The van der Waals surface area contributed by atoms with E-state index in [1.807, 2.05) is 4.90 Å². The highest BCUT2D eigenvalue weighted by molar-refractivity contribution is 8.15. The van der Waals surface area contributed by atoms with E-state index >= 15 is 0 Å². The van der Waals surface area contributed by atoms with E-state index in [0.717, 1.165) is 12.0 Å². The van der Waals surface area contributed by atoms with Gasteiger partial charge in [0.1, 0.15) is 6.04 Å². The van der Waals surface area contributed by atoms with E-state index in [1.54, 1.807) is 30.3 Å². The Morgan fingerprint density at radius 1 is 1.38 bits per heavy atom. The van der Waals surface area contributed by atoms with E-state index in [1.165, 1.54) is 11.8 Å². The highest BCUT2D eigenvalue weighted by Gasteiger charge is 2.58. The molecule has 0 radical (unpaired) electrons. The summed E-state index contributed by atoms with van der Waals surface area (Å²) in [6, 6.07) is 5.09. The van der Waals surface area contributed by atoms with Gasteiger partial charge in [0.15, 0.2) is 0 Å². The fourth-order valence-electron chi connectivity index (χ4n) is 3.52. The lowest BCUT2D eigenvalue weighted by Crippen LogP contribution is -2.46. The van der Waals surface area contributed by atoms with Crippen LogP contribution in [0.3, 0.4) is 0 Å². The second kappa shape index (κ2) is 6.62. The van der Waals surface area contributed by atoms with Gasteiger partial charge in [-0.25, -0.2) is 8.78 Å². The zero-order chi connectivity index (χ0) is 18.5. The molecule has 0 bridgehead atoms. The molecule has 8 heteroatoms. The van der Waals surface area contributed by atoms with Crippen LogP contribution in [0.25, 0.3) is 0 Å². The molecule has 2 heterocycles. The van der Waals surface area contributed by atoms with Crippen molar-refractivity contribution < 1.29 is 18.4 Å². The van der Waals surface area contributed by atoms with Gasteiger partial charge in [0.05, 0.1) is 6.04 Å². The Labute approximate surface area is 158 Å². The number of hydrogen-bond donors (Lipinski definition) is 1. The van der Waals surface area contributed by atoms with Crippen molar-refractivity contribution in [1.82, 2.24) is 10.2 Å². The number of piperidine rings is 1. The van der Waals surface area contributed by atoms with Crippen LogP contribution in [0.1, 0.15) is 24.4 Å². The van der Waals surface area contributed by atoms with Crippen molar-refractivity contribution in [2.75, 3.05) is 13.1 Å². The zero-order valence-electron chi connectivity index (χ0n) is 13.8. The number of carbonyl (C=O) groups is 2. The van der Waals surface area contributed by atoms with Crippen LogP contribution in [0.2, 0.25) is 5.02 Å². The van der Waals surface area contributed by atoms with Crippen LogP contribution in [0, 0.1) is 0 Å². The molecule has 1 N–H and O–H groups in total. The third-order valence-corrected chi connectivity index (χ3v) is 6.51. The first kappa shape index (κ1) is 17.9.